The second kappa shape index (κ2) is 8.78. The van der Waals surface area contributed by atoms with Gasteiger partial charge in [-0.05, 0) is 29.8 Å². The van der Waals surface area contributed by atoms with Gasteiger partial charge in [0.15, 0.2) is 0 Å². The maximum atomic E-state index is 12.9. The number of hydrogen-bond acceptors (Lipinski definition) is 4. The van der Waals surface area contributed by atoms with Gasteiger partial charge in [0.05, 0.1) is 0 Å². The van der Waals surface area contributed by atoms with Gasteiger partial charge in [-0.25, -0.2) is 4.98 Å². The van der Waals surface area contributed by atoms with Crippen LogP contribution in [0.25, 0.3) is 0 Å². The molecule has 0 spiro atoms. The van der Waals surface area contributed by atoms with Crippen molar-refractivity contribution in [1.82, 2.24) is 9.88 Å². The van der Waals surface area contributed by atoms with Gasteiger partial charge in [0.25, 0.3) is 5.91 Å². The van der Waals surface area contributed by atoms with Crippen molar-refractivity contribution in [3.05, 3.63) is 90.1 Å². The molecule has 29 heavy (non-hydrogen) atoms. The van der Waals surface area contributed by atoms with E-state index in [-0.39, 0.29) is 5.91 Å². The van der Waals surface area contributed by atoms with E-state index in [0.717, 1.165) is 37.6 Å². The number of pyridine rings is 1. The Labute approximate surface area is 172 Å². The minimum atomic E-state index is 0.0143. The number of anilines is 2. The van der Waals surface area contributed by atoms with E-state index in [4.69, 9.17) is 0 Å². The Kier molecular flexibility index (Phi) is 5.75. The lowest BCUT2D eigenvalue weighted by Gasteiger charge is -2.36. The van der Waals surface area contributed by atoms with Crippen LogP contribution in [0.1, 0.15) is 15.9 Å². The molecule has 1 fully saturated rings. The first-order chi connectivity index (χ1) is 14.2. The van der Waals surface area contributed by atoms with Gasteiger partial charge >= 0.3 is 0 Å². The summed E-state index contributed by atoms with van der Waals surface area (Å²) in [6, 6.07) is 24.2. The largest absolute Gasteiger partial charge is 0.368 e. The quantitative estimate of drug-likeness (QED) is 0.671. The van der Waals surface area contributed by atoms with E-state index in [1.54, 1.807) is 17.2 Å². The Hall–Kier alpha value is -3.34. The summed E-state index contributed by atoms with van der Waals surface area (Å²) < 4.78 is 0. The summed E-state index contributed by atoms with van der Waals surface area (Å²) in [6.07, 6.45) is 1.74. The van der Waals surface area contributed by atoms with E-state index in [9.17, 15) is 4.79 Å². The van der Waals surface area contributed by atoms with E-state index in [2.05, 4.69) is 39.0 Å². The van der Waals surface area contributed by atoms with Crippen LogP contribution in [0.3, 0.4) is 0 Å². The lowest BCUT2D eigenvalue weighted by atomic mass is 10.2. The molecule has 0 aliphatic carbocycles. The minimum Gasteiger partial charge on any atom is -0.368 e. The third kappa shape index (κ3) is 4.57. The third-order valence-electron chi connectivity index (χ3n) is 5.33. The fraction of sp³-hybridized carbons (Fsp3) is 0.250. The monoisotopic (exact) mass is 386 g/mol. The van der Waals surface area contributed by atoms with Crippen molar-refractivity contribution in [1.29, 1.82) is 0 Å². The summed E-state index contributed by atoms with van der Waals surface area (Å²) in [6.45, 7) is 4.25. The van der Waals surface area contributed by atoms with Crippen molar-refractivity contribution in [2.75, 3.05) is 43.0 Å². The van der Waals surface area contributed by atoms with Gasteiger partial charge in [-0.3, -0.25) is 4.79 Å². The smallest absolute Gasteiger partial charge is 0.254 e. The van der Waals surface area contributed by atoms with Gasteiger partial charge in [0, 0.05) is 57.2 Å². The van der Waals surface area contributed by atoms with E-state index >= 15 is 0 Å². The average Bonchev–Trinajstić information content (AvgIpc) is 2.80. The Morgan fingerprint density at radius 3 is 2.21 bits per heavy atom. The highest BCUT2D eigenvalue weighted by Gasteiger charge is 2.20. The second-order valence-corrected chi connectivity index (χ2v) is 7.36. The molecule has 0 atom stereocenters. The first kappa shape index (κ1) is 19.0. The zero-order valence-corrected chi connectivity index (χ0v) is 16.7. The molecule has 4 rings (SSSR count). The molecule has 148 valence electrons. The van der Waals surface area contributed by atoms with Gasteiger partial charge in [0.1, 0.15) is 5.82 Å². The Bertz CT molecular complexity index is 937. The predicted molar refractivity (Wildman–Crippen MR) is 117 cm³/mol. The molecule has 1 saturated heterocycles. The molecule has 2 heterocycles. The molecule has 3 aromatic rings. The Balaban J connectivity index is 1.40. The lowest BCUT2D eigenvalue weighted by Crippen LogP contribution is -2.46. The maximum absolute atomic E-state index is 12.9. The molecule has 1 aliphatic rings. The molecule has 0 radical (unpaired) electrons. The highest BCUT2D eigenvalue weighted by atomic mass is 16.2. The highest BCUT2D eigenvalue weighted by molar-refractivity contribution is 5.94. The normalized spacial score (nSPS) is 14.0. The van der Waals surface area contributed by atoms with E-state index in [1.165, 1.54) is 5.69 Å². The molecule has 0 N–H and O–H groups in total. The number of nitrogens with zero attached hydrogens (tertiary/aromatic N) is 4. The Morgan fingerprint density at radius 1 is 0.897 bits per heavy atom. The number of piperazine rings is 1. The van der Waals surface area contributed by atoms with Crippen LogP contribution in [0, 0.1) is 0 Å². The van der Waals surface area contributed by atoms with Crippen molar-refractivity contribution in [3.63, 3.8) is 0 Å². The first-order valence-electron chi connectivity index (χ1n) is 10.0. The van der Waals surface area contributed by atoms with E-state index in [1.807, 2.05) is 49.5 Å². The summed E-state index contributed by atoms with van der Waals surface area (Å²) in [5, 5.41) is 0. The number of carbonyl (C=O) groups excluding carboxylic acids is 1. The number of aromatic nitrogens is 1. The predicted octanol–water partition coefficient (Wildman–Crippen LogP) is 3.68. The highest BCUT2D eigenvalue weighted by Crippen LogP contribution is 2.20. The van der Waals surface area contributed by atoms with Crippen LogP contribution in [-0.4, -0.2) is 49.0 Å². The summed E-state index contributed by atoms with van der Waals surface area (Å²) in [7, 11) is 1.84. The molecule has 0 saturated carbocycles. The number of rotatable bonds is 5. The van der Waals surface area contributed by atoms with E-state index < -0.39 is 0 Å². The molecular weight excluding hydrogens is 360 g/mol. The number of para-hydroxylation sites is 1. The van der Waals surface area contributed by atoms with Crippen LogP contribution in [0.2, 0.25) is 0 Å². The van der Waals surface area contributed by atoms with Crippen LogP contribution in [-0.2, 0) is 6.54 Å². The third-order valence-corrected chi connectivity index (χ3v) is 5.33. The molecule has 5 heteroatoms. The number of amides is 1. The van der Waals surface area contributed by atoms with Crippen molar-refractivity contribution in [2.24, 2.45) is 0 Å². The van der Waals surface area contributed by atoms with Crippen molar-refractivity contribution in [2.45, 2.75) is 6.54 Å². The number of carbonyl (C=O) groups is 1. The number of hydrogen-bond donors (Lipinski definition) is 0. The van der Waals surface area contributed by atoms with Crippen LogP contribution in [0.4, 0.5) is 11.5 Å². The van der Waals surface area contributed by atoms with Crippen LogP contribution >= 0.6 is 0 Å². The zero-order chi connectivity index (χ0) is 20.1. The first-order valence-corrected chi connectivity index (χ1v) is 10.0. The SMILES string of the molecule is CN(Cc1ccccc1)C(=O)c1ccnc(N2CCN(c3ccccc3)CC2)c1. The number of benzene rings is 2. The average molecular weight is 386 g/mol. The minimum absolute atomic E-state index is 0.0143. The van der Waals surface area contributed by atoms with Gasteiger partial charge in [-0.15, -0.1) is 0 Å². The fourth-order valence-electron chi connectivity index (χ4n) is 3.71. The summed E-state index contributed by atoms with van der Waals surface area (Å²) >= 11 is 0. The fourth-order valence-corrected chi connectivity index (χ4v) is 3.71. The molecule has 2 aromatic carbocycles. The van der Waals surface area contributed by atoms with Crippen LogP contribution in [0.15, 0.2) is 79.0 Å². The van der Waals surface area contributed by atoms with Crippen LogP contribution in [0.5, 0.6) is 0 Å². The van der Waals surface area contributed by atoms with Crippen molar-refractivity contribution in [3.8, 4) is 0 Å². The molecule has 0 bridgehead atoms. The van der Waals surface area contributed by atoms with Gasteiger partial charge in [0.2, 0.25) is 0 Å². The summed E-state index contributed by atoms with van der Waals surface area (Å²) in [5.41, 5.74) is 3.06. The summed E-state index contributed by atoms with van der Waals surface area (Å²) in [5.74, 6) is 0.886. The Morgan fingerprint density at radius 2 is 1.52 bits per heavy atom. The molecular formula is C24H26N4O. The standard InChI is InChI=1S/C24H26N4O/c1-26(19-20-8-4-2-5-9-20)24(29)21-12-13-25-23(18-21)28-16-14-27(15-17-28)22-10-6-3-7-11-22/h2-13,18H,14-17,19H2,1H3. The van der Waals surface area contributed by atoms with Crippen LogP contribution < -0.4 is 9.80 Å². The van der Waals surface area contributed by atoms with Gasteiger partial charge in [-0.1, -0.05) is 48.5 Å². The van der Waals surface area contributed by atoms with E-state index in [0.29, 0.717) is 12.1 Å². The van der Waals surface area contributed by atoms with Gasteiger partial charge < -0.3 is 14.7 Å². The maximum Gasteiger partial charge on any atom is 0.254 e. The molecule has 5 nitrogen and oxygen atoms in total. The zero-order valence-electron chi connectivity index (χ0n) is 16.7. The molecule has 1 aliphatic heterocycles. The lowest BCUT2D eigenvalue weighted by molar-refractivity contribution is 0.0785. The second-order valence-electron chi connectivity index (χ2n) is 7.36. The topological polar surface area (TPSA) is 39.7 Å². The van der Waals surface area contributed by atoms with Crippen molar-refractivity contribution < 1.29 is 4.79 Å². The van der Waals surface area contributed by atoms with Crippen molar-refractivity contribution >= 4 is 17.4 Å². The van der Waals surface area contributed by atoms with Gasteiger partial charge in [-0.2, -0.15) is 0 Å². The molecule has 1 aromatic heterocycles. The summed E-state index contributed by atoms with van der Waals surface area (Å²) in [4.78, 5) is 23.8. The molecule has 1 amide bonds. The molecule has 0 unspecified atom stereocenters.